The predicted molar refractivity (Wildman–Crippen MR) is 95.1 cm³/mol. The van der Waals surface area contributed by atoms with Crippen LogP contribution in [0.1, 0.15) is 6.42 Å². The predicted octanol–water partition coefficient (Wildman–Crippen LogP) is 4.82. The van der Waals surface area contributed by atoms with E-state index in [2.05, 4.69) is 10.3 Å². The van der Waals surface area contributed by atoms with Gasteiger partial charge in [-0.05, 0) is 42.8 Å². The van der Waals surface area contributed by atoms with E-state index in [4.69, 9.17) is 0 Å². The lowest BCUT2D eigenvalue weighted by atomic mass is 10.2. The maximum Gasteiger partial charge on any atom is 0.321 e. The third-order valence-electron chi connectivity index (χ3n) is 4.22. The molecule has 1 atom stereocenters. The highest BCUT2D eigenvalue weighted by Crippen LogP contribution is 2.32. The summed E-state index contributed by atoms with van der Waals surface area (Å²) in [5.41, 5.74) is 1.67. The van der Waals surface area contributed by atoms with Crippen molar-refractivity contribution in [1.29, 1.82) is 0 Å². The number of benzene rings is 2. The van der Waals surface area contributed by atoms with Gasteiger partial charge in [-0.25, -0.2) is 22.9 Å². The van der Waals surface area contributed by atoms with Gasteiger partial charge in [0.1, 0.15) is 11.2 Å². The van der Waals surface area contributed by atoms with Gasteiger partial charge in [-0.2, -0.15) is 0 Å². The van der Waals surface area contributed by atoms with Crippen LogP contribution in [0.5, 0.6) is 0 Å². The molecule has 1 fully saturated rings. The van der Waals surface area contributed by atoms with Crippen LogP contribution in [0.3, 0.4) is 0 Å². The fourth-order valence-electron chi connectivity index (χ4n) is 2.86. The molecule has 0 aliphatic carbocycles. The molecule has 4 nitrogen and oxygen atoms in total. The number of carbonyl (C=O) groups is 1. The number of nitrogens with one attached hydrogen (secondary N) is 1. The maximum absolute atomic E-state index is 13.4. The van der Waals surface area contributed by atoms with Crippen LogP contribution in [0.25, 0.3) is 20.8 Å². The molecular weight excluding hydrogens is 363 g/mol. The molecule has 26 heavy (non-hydrogen) atoms. The Morgan fingerprint density at radius 2 is 2.04 bits per heavy atom. The van der Waals surface area contributed by atoms with E-state index in [1.807, 2.05) is 0 Å². The van der Waals surface area contributed by atoms with Gasteiger partial charge in [-0.15, -0.1) is 11.3 Å². The number of halogens is 3. The molecule has 1 unspecified atom stereocenters. The summed E-state index contributed by atoms with van der Waals surface area (Å²) in [4.78, 5) is 18.0. The van der Waals surface area contributed by atoms with Gasteiger partial charge in [0.05, 0.1) is 16.8 Å². The van der Waals surface area contributed by atoms with E-state index in [-0.39, 0.29) is 12.6 Å². The Balaban J connectivity index is 1.57. The molecule has 1 aromatic heterocycles. The van der Waals surface area contributed by atoms with Crippen LogP contribution in [0.15, 0.2) is 36.4 Å². The van der Waals surface area contributed by atoms with Crippen molar-refractivity contribution in [3.8, 4) is 10.6 Å². The second-order valence-corrected chi connectivity index (χ2v) is 7.12. The molecule has 1 aliphatic rings. The van der Waals surface area contributed by atoms with Crippen molar-refractivity contribution in [3.05, 3.63) is 48.0 Å². The Bertz CT molecular complexity index is 991. The van der Waals surface area contributed by atoms with Crippen molar-refractivity contribution in [1.82, 2.24) is 9.88 Å². The topological polar surface area (TPSA) is 45.2 Å². The summed E-state index contributed by atoms with van der Waals surface area (Å²) in [7, 11) is 0. The molecule has 1 N–H and O–H groups in total. The highest BCUT2D eigenvalue weighted by Gasteiger charge is 2.25. The highest BCUT2D eigenvalue weighted by molar-refractivity contribution is 7.21. The SMILES string of the molecule is O=C(Nc1ccc2sc(-c3ccc(F)c(F)c3)nc2c1)N1CCC(F)C1. The smallest absolute Gasteiger partial charge is 0.321 e. The summed E-state index contributed by atoms with van der Waals surface area (Å²) in [5, 5.41) is 3.30. The van der Waals surface area contributed by atoms with Gasteiger partial charge in [0.15, 0.2) is 11.6 Å². The molecule has 0 radical (unpaired) electrons. The largest absolute Gasteiger partial charge is 0.322 e. The molecule has 2 aromatic carbocycles. The van der Waals surface area contributed by atoms with Crippen LogP contribution in [0.4, 0.5) is 23.7 Å². The molecular formula is C18H14F3N3OS. The van der Waals surface area contributed by atoms with E-state index < -0.39 is 17.8 Å². The number of urea groups is 1. The fraction of sp³-hybridized carbons (Fsp3) is 0.222. The van der Waals surface area contributed by atoms with Crippen LogP contribution in [0, 0.1) is 11.6 Å². The number of hydrogen-bond acceptors (Lipinski definition) is 3. The zero-order valence-electron chi connectivity index (χ0n) is 13.5. The average Bonchev–Trinajstić information content (AvgIpc) is 3.23. The number of alkyl halides is 1. The minimum absolute atomic E-state index is 0.102. The highest BCUT2D eigenvalue weighted by atomic mass is 32.1. The molecule has 3 aromatic rings. The molecule has 2 heterocycles. The monoisotopic (exact) mass is 377 g/mol. The average molecular weight is 377 g/mol. The van der Waals surface area contributed by atoms with Gasteiger partial charge in [0.25, 0.3) is 0 Å². The third kappa shape index (κ3) is 3.24. The van der Waals surface area contributed by atoms with E-state index in [1.165, 1.54) is 22.3 Å². The number of rotatable bonds is 2. The van der Waals surface area contributed by atoms with Gasteiger partial charge in [0.2, 0.25) is 0 Å². The number of thiazole rings is 1. The quantitative estimate of drug-likeness (QED) is 0.696. The molecule has 0 saturated carbocycles. The van der Waals surface area contributed by atoms with Crippen molar-refractivity contribution >= 4 is 33.3 Å². The van der Waals surface area contributed by atoms with E-state index in [9.17, 15) is 18.0 Å². The summed E-state index contributed by atoms with van der Waals surface area (Å²) < 4.78 is 40.6. The number of fused-ring (bicyclic) bond motifs is 1. The van der Waals surface area contributed by atoms with Crippen molar-refractivity contribution in [2.75, 3.05) is 18.4 Å². The Morgan fingerprint density at radius 3 is 2.77 bits per heavy atom. The first-order valence-corrected chi connectivity index (χ1v) is 8.87. The lowest BCUT2D eigenvalue weighted by molar-refractivity contribution is 0.218. The normalized spacial score (nSPS) is 17.0. The van der Waals surface area contributed by atoms with E-state index in [0.717, 1.165) is 16.8 Å². The summed E-state index contributed by atoms with van der Waals surface area (Å²) in [5.74, 6) is -1.83. The number of nitrogens with zero attached hydrogens (tertiary/aromatic N) is 2. The first-order valence-electron chi connectivity index (χ1n) is 8.05. The minimum atomic E-state index is -0.972. The van der Waals surface area contributed by atoms with Crippen LogP contribution in [0.2, 0.25) is 0 Å². The van der Waals surface area contributed by atoms with Crippen molar-refractivity contribution in [2.45, 2.75) is 12.6 Å². The minimum Gasteiger partial charge on any atom is -0.322 e. The van der Waals surface area contributed by atoms with Crippen LogP contribution < -0.4 is 5.32 Å². The summed E-state index contributed by atoms with van der Waals surface area (Å²) >= 11 is 1.35. The standard InChI is InChI=1S/C18H14F3N3OS/c19-11-5-6-24(9-11)18(25)22-12-2-4-16-15(8-12)23-17(26-16)10-1-3-13(20)14(21)7-10/h1-4,7-8,11H,5-6,9H2,(H,22,25). The molecule has 0 spiro atoms. The number of aromatic nitrogens is 1. The van der Waals surface area contributed by atoms with Crippen molar-refractivity contribution in [2.24, 2.45) is 0 Å². The Kier molecular flexibility index (Phi) is 4.28. The summed E-state index contributed by atoms with van der Waals surface area (Å²) in [6, 6.07) is 8.54. The Hall–Kier alpha value is -2.61. The lowest BCUT2D eigenvalue weighted by Gasteiger charge is -2.16. The Morgan fingerprint density at radius 1 is 1.19 bits per heavy atom. The second-order valence-electron chi connectivity index (χ2n) is 6.09. The Labute approximate surface area is 151 Å². The molecule has 1 saturated heterocycles. The van der Waals surface area contributed by atoms with Gasteiger partial charge in [-0.1, -0.05) is 0 Å². The molecule has 134 valence electrons. The number of hydrogen-bond donors (Lipinski definition) is 1. The van der Waals surface area contributed by atoms with Crippen LogP contribution in [-0.4, -0.2) is 35.2 Å². The first kappa shape index (κ1) is 16.8. The third-order valence-corrected chi connectivity index (χ3v) is 5.31. The van der Waals surface area contributed by atoms with Gasteiger partial charge in [-0.3, -0.25) is 0 Å². The van der Waals surface area contributed by atoms with E-state index >= 15 is 0 Å². The van der Waals surface area contributed by atoms with Crippen molar-refractivity contribution in [3.63, 3.8) is 0 Å². The fourth-order valence-corrected chi connectivity index (χ4v) is 3.80. The number of carbonyl (C=O) groups excluding carboxylic acids is 1. The lowest BCUT2D eigenvalue weighted by Crippen LogP contribution is -2.33. The van der Waals surface area contributed by atoms with Gasteiger partial charge in [0, 0.05) is 17.8 Å². The molecule has 2 amide bonds. The molecule has 4 rings (SSSR count). The van der Waals surface area contributed by atoms with Crippen LogP contribution >= 0.6 is 11.3 Å². The molecule has 0 bridgehead atoms. The summed E-state index contributed by atoms with van der Waals surface area (Å²) in [6.07, 6.45) is -0.615. The molecule has 1 aliphatic heterocycles. The number of likely N-dealkylation sites (tertiary alicyclic amines) is 1. The number of amides is 2. The van der Waals surface area contributed by atoms with Crippen LogP contribution in [-0.2, 0) is 0 Å². The second kappa shape index (κ2) is 6.60. The first-order chi connectivity index (χ1) is 12.5. The maximum atomic E-state index is 13.4. The van der Waals surface area contributed by atoms with Gasteiger partial charge >= 0.3 is 6.03 Å². The van der Waals surface area contributed by atoms with E-state index in [0.29, 0.717) is 34.7 Å². The zero-order valence-corrected chi connectivity index (χ0v) is 14.3. The van der Waals surface area contributed by atoms with E-state index in [1.54, 1.807) is 18.2 Å². The molecule has 8 heteroatoms. The van der Waals surface area contributed by atoms with Gasteiger partial charge < -0.3 is 10.2 Å². The zero-order chi connectivity index (χ0) is 18.3. The van der Waals surface area contributed by atoms with Crippen molar-refractivity contribution < 1.29 is 18.0 Å². The summed E-state index contributed by atoms with van der Waals surface area (Å²) in [6.45, 7) is 0.497. The number of anilines is 1.